The van der Waals surface area contributed by atoms with Gasteiger partial charge in [-0.1, -0.05) is 42.5 Å². The van der Waals surface area contributed by atoms with Crippen molar-refractivity contribution in [2.45, 2.75) is 19.4 Å². The van der Waals surface area contributed by atoms with Gasteiger partial charge in [-0.3, -0.25) is 0 Å². The van der Waals surface area contributed by atoms with Crippen molar-refractivity contribution in [3.8, 4) is 0 Å². The molecule has 17 heavy (non-hydrogen) atoms. The Labute approximate surface area is 103 Å². The lowest BCUT2D eigenvalue weighted by molar-refractivity contribution is 0.766. The molecule has 0 amide bonds. The summed E-state index contributed by atoms with van der Waals surface area (Å²) >= 11 is 0. The summed E-state index contributed by atoms with van der Waals surface area (Å²) in [6.45, 7) is 2.19. The summed E-state index contributed by atoms with van der Waals surface area (Å²) in [5.74, 6) is 0. The van der Waals surface area contributed by atoms with Crippen LogP contribution in [0.25, 0.3) is 0 Å². The van der Waals surface area contributed by atoms with Crippen LogP contribution in [-0.4, -0.2) is 6.54 Å². The third-order valence-corrected chi connectivity index (χ3v) is 3.48. The molecule has 0 unspecified atom stereocenters. The van der Waals surface area contributed by atoms with E-state index in [2.05, 4.69) is 59.5 Å². The predicted molar refractivity (Wildman–Crippen MR) is 72.3 cm³/mol. The Kier molecular flexibility index (Phi) is 2.83. The molecule has 2 aromatic carbocycles. The summed E-state index contributed by atoms with van der Waals surface area (Å²) in [4.78, 5) is 2.48. The van der Waals surface area contributed by atoms with Crippen LogP contribution in [0.4, 0.5) is 5.69 Å². The standard InChI is InChI=1S/C16H17N/c1-2-10-16(11-3-1)17-12-6-9-14-7-4-5-8-15(14)13-17/h1-5,7-8,10-11H,6,9,12-13H2. The van der Waals surface area contributed by atoms with Gasteiger partial charge >= 0.3 is 0 Å². The zero-order valence-electron chi connectivity index (χ0n) is 9.97. The molecular formula is C16H17N. The summed E-state index contributed by atoms with van der Waals surface area (Å²) in [5, 5.41) is 0. The van der Waals surface area contributed by atoms with Crippen LogP contribution in [0.2, 0.25) is 0 Å². The molecule has 0 N–H and O–H groups in total. The fourth-order valence-electron chi connectivity index (χ4n) is 2.56. The fourth-order valence-corrected chi connectivity index (χ4v) is 2.56. The minimum atomic E-state index is 1.04. The summed E-state index contributed by atoms with van der Waals surface area (Å²) in [7, 11) is 0. The Bertz CT molecular complexity index is 490. The van der Waals surface area contributed by atoms with E-state index in [1.165, 1.54) is 29.7 Å². The van der Waals surface area contributed by atoms with Crippen molar-refractivity contribution in [1.29, 1.82) is 0 Å². The summed E-state index contributed by atoms with van der Waals surface area (Å²) in [6.07, 6.45) is 2.45. The van der Waals surface area contributed by atoms with E-state index in [1.807, 2.05) is 0 Å². The number of hydrogen-bond donors (Lipinski definition) is 0. The molecule has 1 nitrogen and oxygen atoms in total. The van der Waals surface area contributed by atoms with Gasteiger partial charge in [0.05, 0.1) is 0 Å². The second-order valence-electron chi connectivity index (χ2n) is 4.63. The Morgan fingerprint density at radius 2 is 1.47 bits per heavy atom. The van der Waals surface area contributed by atoms with Gasteiger partial charge in [-0.05, 0) is 36.1 Å². The second kappa shape index (κ2) is 4.62. The van der Waals surface area contributed by atoms with E-state index in [0.29, 0.717) is 0 Å². The number of benzene rings is 2. The van der Waals surface area contributed by atoms with Gasteiger partial charge in [-0.2, -0.15) is 0 Å². The SMILES string of the molecule is c1ccc(N2CCCc3ccccc3C2)cc1. The van der Waals surface area contributed by atoms with Gasteiger partial charge in [-0.25, -0.2) is 0 Å². The Hall–Kier alpha value is -1.76. The lowest BCUT2D eigenvalue weighted by Gasteiger charge is -2.23. The van der Waals surface area contributed by atoms with E-state index in [-0.39, 0.29) is 0 Å². The number of rotatable bonds is 1. The van der Waals surface area contributed by atoms with Crippen molar-refractivity contribution in [1.82, 2.24) is 0 Å². The molecular weight excluding hydrogens is 206 g/mol. The predicted octanol–water partition coefficient (Wildman–Crippen LogP) is 3.64. The van der Waals surface area contributed by atoms with Gasteiger partial charge in [0, 0.05) is 18.8 Å². The van der Waals surface area contributed by atoms with Crippen LogP contribution >= 0.6 is 0 Å². The molecule has 2 aromatic rings. The van der Waals surface area contributed by atoms with Gasteiger partial charge in [0.15, 0.2) is 0 Å². The first-order valence-electron chi connectivity index (χ1n) is 6.30. The zero-order chi connectivity index (χ0) is 11.5. The van der Waals surface area contributed by atoms with E-state index in [0.717, 1.165) is 13.1 Å². The van der Waals surface area contributed by atoms with E-state index in [9.17, 15) is 0 Å². The van der Waals surface area contributed by atoms with Crippen LogP contribution in [0.5, 0.6) is 0 Å². The fraction of sp³-hybridized carbons (Fsp3) is 0.250. The number of nitrogens with zero attached hydrogens (tertiary/aromatic N) is 1. The minimum absolute atomic E-state index is 1.04. The van der Waals surface area contributed by atoms with E-state index in [4.69, 9.17) is 0 Å². The Morgan fingerprint density at radius 3 is 2.29 bits per heavy atom. The summed E-state index contributed by atoms with van der Waals surface area (Å²) in [6, 6.07) is 19.5. The lowest BCUT2D eigenvalue weighted by atomic mass is 10.0. The first-order chi connectivity index (χ1) is 8.43. The first-order valence-corrected chi connectivity index (χ1v) is 6.30. The molecule has 0 aliphatic carbocycles. The Balaban J connectivity index is 1.91. The average Bonchev–Trinajstić information content (AvgIpc) is 2.62. The van der Waals surface area contributed by atoms with Gasteiger partial charge in [0.1, 0.15) is 0 Å². The molecule has 0 atom stereocenters. The second-order valence-corrected chi connectivity index (χ2v) is 4.63. The smallest absolute Gasteiger partial charge is 0.0432 e. The molecule has 1 heteroatoms. The minimum Gasteiger partial charge on any atom is -0.367 e. The maximum Gasteiger partial charge on any atom is 0.0432 e. The van der Waals surface area contributed by atoms with Crippen LogP contribution in [-0.2, 0) is 13.0 Å². The van der Waals surface area contributed by atoms with Crippen LogP contribution < -0.4 is 4.90 Å². The van der Waals surface area contributed by atoms with E-state index >= 15 is 0 Å². The molecule has 0 radical (unpaired) electrons. The largest absolute Gasteiger partial charge is 0.367 e. The van der Waals surface area contributed by atoms with Crippen molar-refractivity contribution >= 4 is 5.69 Å². The monoisotopic (exact) mass is 223 g/mol. The van der Waals surface area contributed by atoms with Crippen LogP contribution in [0.1, 0.15) is 17.5 Å². The zero-order valence-corrected chi connectivity index (χ0v) is 9.97. The Morgan fingerprint density at radius 1 is 0.765 bits per heavy atom. The molecule has 0 saturated heterocycles. The maximum atomic E-state index is 2.48. The van der Waals surface area contributed by atoms with Crippen molar-refractivity contribution in [3.63, 3.8) is 0 Å². The van der Waals surface area contributed by atoms with Crippen LogP contribution in [0, 0.1) is 0 Å². The molecule has 3 rings (SSSR count). The summed E-state index contributed by atoms with van der Waals surface area (Å²) < 4.78 is 0. The third-order valence-electron chi connectivity index (χ3n) is 3.48. The van der Waals surface area contributed by atoms with Gasteiger partial charge < -0.3 is 4.90 Å². The molecule has 0 spiro atoms. The number of fused-ring (bicyclic) bond motifs is 1. The maximum absolute atomic E-state index is 2.48. The van der Waals surface area contributed by atoms with E-state index in [1.54, 1.807) is 0 Å². The number of anilines is 1. The normalized spacial score (nSPS) is 15.2. The quantitative estimate of drug-likeness (QED) is 0.713. The molecule has 1 aliphatic rings. The van der Waals surface area contributed by atoms with Crippen molar-refractivity contribution in [2.24, 2.45) is 0 Å². The molecule has 0 bridgehead atoms. The van der Waals surface area contributed by atoms with Gasteiger partial charge in [0.2, 0.25) is 0 Å². The highest BCUT2D eigenvalue weighted by atomic mass is 15.1. The number of aryl methyl sites for hydroxylation is 1. The van der Waals surface area contributed by atoms with Crippen LogP contribution in [0.3, 0.4) is 0 Å². The molecule has 0 saturated carbocycles. The van der Waals surface area contributed by atoms with Gasteiger partial charge in [-0.15, -0.1) is 0 Å². The molecule has 0 aromatic heterocycles. The van der Waals surface area contributed by atoms with Crippen molar-refractivity contribution in [2.75, 3.05) is 11.4 Å². The van der Waals surface area contributed by atoms with Crippen LogP contribution in [0.15, 0.2) is 54.6 Å². The topological polar surface area (TPSA) is 3.24 Å². The number of hydrogen-bond acceptors (Lipinski definition) is 1. The lowest BCUT2D eigenvalue weighted by Crippen LogP contribution is -2.22. The highest BCUT2D eigenvalue weighted by Crippen LogP contribution is 2.23. The highest BCUT2D eigenvalue weighted by molar-refractivity contribution is 5.48. The molecule has 86 valence electrons. The van der Waals surface area contributed by atoms with E-state index < -0.39 is 0 Å². The molecule has 1 heterocycles. The number of para-hydroxylation sites is 1. The first kappa shape index (κ1) is 10.4. The van der Waals surface area contributed by atoms with Crippen molar-refractivity contribution < 1.29 is 0 Å². The average molecular weight is 223 g/mol. The molecule has 0 fully saturated rings. The van der Waals surface area contributed by atoms with Crippen molar-refractivity contribution in [3.05, 3.63) is 65.7 Å². The summed E-state index contributed by atoms with van der Waals surface area (Å²) in [5.41, 5.74) is 4.34. The highest BCUT2D eigenvalue weighted by Gasteiger charge is 2.13. The molecule has 1 aliphatic heterocycles. The van der Waals surface area contributed by atoms with Gasteiger partial charge in [0.25, 0.3) is 0 Å². The third kappa shape index (κ3) is 2.19.